The maximum Gasteiger partial charge on any atom is 0.407 e. The fourth-order valence-electron chi connectivity index (χ4n) is 2.17. The number of hydrogen-bond donors (Lipinski definition) is 1. The third-order valence-corrected chi connectivity index (χ3v) is 3.93. The van der Waals surface area contributed by atoms with E-state index in [1.165, 1.54) is 7.05 Å². The van der Waals surface area contributed by atoms with E-state index in [4.69, 9.17) is 21.5 Å². The molecule has 25 heavy (non-hydrogen) atoms. The molecule has 1 amide bonds. The Balaban J connectivity index is 2.07. The Morgan fingerprint density at radius 2 is 2.12 bits per heavy atom. The van der Waals surface area contributed by atoms with Gasteiger partial charge in [-0.3, -0.25) is 4.98 Å². The molecular formula is C18H20ClN3O3. The standard InChI is InChI=1S/C18H20ClN3O3/c1-12-5-4-6-16(20-12)11-25-21-13(2)14-7-8-17(19)15(9-14)10-22(3)18(23)24/h4-9H,10-11H2,1-3H3,(H,23,24). The lowest BCUT2D eigenvalue weighted by molar-refractivity contribution is 0.127. The van der Waals surface area contributed by atoms with E-state index >= 15 is 0 Å². The smallest absolute Gasteiger partial charge is 0.407 e. The lowest BCUT2D eigenvalue weighted by Gasteiger charge is -2.15. The molecule has 7 heteroatoms. The summed E-state index contributed by atoms with van der Waals surface area (Å²) < 4.78 is 0. The summed E-state index contributed by atoms with van der Waals surface area (Å²) in [5.41, 5.74) is 3.92. The molecule has 6 nitrogen and oxygen atoms in total. The Morgan fingerprint density at radius 3 is 2.80 bits per heavy atom. The maximum absolute atomic E-state index is 11.0. The van der Waals surface area contributed by atoms with Crippen LogP contribution >= 0.6 is 11.6 Å². The number of hydrogen-bond acceptors (Lipinski definition) is 4. The van der Waals surface area contributed by atoms with E-state index in [0.717, 1.165) is 21.9 Å². The van der Waals surface area contributed by atoms with Crippen LogP contribution in [-0.2, 0) is 18.0 Å². The zero-order chi connectivity index (χ0) is 18.4. The summed E-state index contributed by atoms with van der Waals surface area (Å²) in [6.07, 6.45) is -1.01. The van der Waals surface area contributed by atoms with E-state index < -0.39 is 6.09 Å². The lowest BCUT2D eigenvalue weighted by Crippen LogP contribution is -2.24. The predicted molar refractivity (Wildman–Crippen MR) is 96.9 cm³/mol. The molecule has 1 heterocycles. The minimum Gasteiger partial charge on any atom is -0.465 e. The van der Waals surface area contributed by atoms with E-state index in [1.54, 1.807) is 6.07 Å². The van der Waals surface area contributed by atoms with Crippen molar-refractivity contribution in [3.63, 3.8) is 0 Å². The third kappa shape index (κ3) is 5.46. The number of amides is 1. The van der Waals surface area contributed by atoms with Crippen LogP contribution in [0.15, 0.2) is 41.6 Å². The van der Waals surface area contributed by atoms with Gasteiger partial charge in [0.15, 0.2) is 6.61 Å². The number of benzene rings is 1. The van der Waals surface area contributed by atoms with Crippen molar-refractivity contribution in [2.75, 3.05) is 7.05 Å². The van der Waals surface area contributed by atoms with Crippen LogP contribution in [0, 0.1) is 6.92 Å². The second kappa shape index (κ2) is 8.48. The second-order valence-electron chi connectivity index (χ2n) is 5.67. The first-order valence-electron chi connectivity index (χ1n) is 7.68. The van der Waals surface area contributed by atoms with Crippen LogP contribution in [0.5, 0.6) is 0 Å². The lowest BCUT2D eigenvalue weighted by atomic mass is 10.1. The molecule has 132 valence electrons. The summed E-state index contributed by atoms with van der Waals surface area (Å²) in [6.45, 7) is 4.21. The Labute approximate surface area is 151 Å². The van der Waals surface area contributed by atoms with Crippen LogP contribution in [-0.4, -0.2) is 33.8 Å². The van der Waals surface area contributed by atoms with Gasteiger partial charge in [-0.2, -0.15) is 0 Å². The summed E-state index contributed by atoms with van der Waals surface area (Å²) in [7, 11) is 1.49. The molecule has 0 spiro atoms. The molecule has 0 aliphatic heterocycles. The van der Waals surface area contributed by atoms with Gasteiger partial charge in [0.05, 0.1) is 18.0 Å². The van der Waals surface area contributed by atoms with Gasteiger partial charge in [-0.15, -0.1) is 0 Å². The van der Waals surface area contributed by atoms with E-state index in [-0.39, 0.29) is 13.2 Å². The minimum atomic E-state index is -1.01. The van der Waals surface area contributed by atoms with Gasteiger partial charge >= 0.3 is 6.09 Å². The van der Waals surface area contributed by atoms with Crippen molar-refractivity contribution >= 4 is 23.4 Å². The number of halogens is 1. The number of aryl methyl sites for hydroxylation is 1. The summed E-state index contributed by atoms with van der Waals surface area (Å²) in [6, 6.07) is 11.1. The molecule has 0 fully saturated rings. The molecule has 0 bridgehead atoms. The van der Waals surface area contributed by atoms with Crippen molar-refractivity contribution in [2.24, 2.45) is 5.16 Å². The molecule has 0 atom stereocenters. The highest BCUT2D eigenvalue weighted by molar-refractivity contribution is 6.31. The zero-order valence-corrected chi connectivity index (χ0v) is 15.1. The number of carbonyl (C=O) groups is 1. The SMILES string of the molecule is CC(=NOCc1cccc(C)n1)c1ccc(Cl)c(CN(C)C(=O)O)c1. The second-order valence-corrected chi connectivity index (χ2v) is 6.07. The van der Waals surface area contributed by atoms with Crippen LogP contribution < -0.4 is 0 Å². The maximum atomic E-state index is 11.0. The van der Waals surface area contributed by atoms with Gasteiger partial charge in [0.25, 0.3) is 0 Å². The summed E-state index contributed by atoms with van der Waals surface area (Å²) >= 11 is 6.15. The van der Waals surface area contributed by atoms with Crippen LogP contribution in [0.2, 0.25) is 5.02 Å². The zero-order valence-electron chi connectivity index (χ0n) is 14.4. The van der Waals surface area contributed by atoms with E-state index in [9.17, 15) is 4.79 Å². The van der Waals surface area contributed by atoms with Crippen molar-refractivity contribution < 1.29 is 14.7 Å². The predicted octanol–water partition coefficient (Wildman–Crippen LogP) is 4.09. The molecular weight excluding hydrogens is 342 g/mol. The van der Waals surface area contributed by atoms with Crippen molar-refractivity contribution in [3.8, 4) is 0 Å². The number of carboxylic acid groups (broad SMARTS) is 1. The van der Waals surface area contributed by atoms with Gasteiger partial charge in [0.1, 0.15) is 0 Å². The Kier molecular flexibility index (Phi) is 6.36. The van der Waals surface area contributed by atoms with Crippen LogP contribution in [0.3, 0.4) is 0 Å². The molecule has 2 aromatic rings. The minimum absolute atomic E-state index is 0.198. The van der Waals surface area contributed by atoms with E-state index in [1.807, 2.05) is 44.2 Å². The largest absolute Gasteiger partial charge is 0.465 e. The van der Waals surface area contributed by atoms with Crippen LogP contribution in [0.1, 0.15) is 29.4 Å². The summed E-state index contributed by atoms with van der Waals surface area (Å²) in [4.78, 5) is 21.8. The summed E-state index contributed by atoms with van der Waals surface area (Å²) in [5.74, 6) is 0. The molecule has 0 aliphatic rings. The van der Waals surface area contributed by atoms with Crippen molar-refractivity contribution in [3.05, 3.63) is 63.9 Å². The highest BCUT2D eigenvalue weighted by Crippen LogP contribution is 2.20. The first-order chi connectivity index (χ1) is 11.9. The average molecular weight is 362 g/mol. The summed E-state index contributed by atoms with van der Waals surface area (Å²) in [5, 5.41) is 13.6. The quantitative estimate of drug-likeness (QED) is 0.621. The monoisotopic (exact) mass is 361 g/mol. The van der Waals surface area contributed by atoms with Gasteiger partial charge in [0, 0.05) is 17.8 Å². The number of pyridine rings is 1. The van der Waals surface area contributed by atoms with Crippen LogP contribution in [0.4, 0.5) is 4.79 Å². The Morgan fingerprint density at radius 1 is 1.36 bits per heavy atom. The molecule has 0 aliphatic carbocycles. The van der Waals surface area contributed by atoms with Crippen LogP contribution in [0.25, 0.3) is 0 Å². The molecule has 2 rings (SSSR count). The molecule has 0 unspecified atom stereocenters. The first-order valence-corrected chi connectivity index (χ1v) is 8.06. The molecule has 0 saturated carbocycles. The van der Waals surface area contributed by atoms with E-state index in [2.05, 4.69) is 10.1 Å². The molecule has 0 saturated heterocycles. The van der Waals surface area contributed by atoms with Gasteiger partial charge in [-0.1, -0.05) is 28.9 Å². The van der Waals surface area contributed by atoms with Crippen molar-refractivity contribution in [2.45, 2.75) is 27.0 Å². The normalized spacial score (nSPS) is 11.3. The fraction of sp³-hybridized carbons (Fsp3) is 0.278. The van der Waals surface area contributed by atoms with Crippen molar-refractivity contribution in [1.29, 1.82) is 0 Å². The van der Waals surface area contributed by atoms with Gasteiger partial charge in [-0.05, 0) is 49.2 Å². The number of rotatable bonds is 6. The highest BCUT2D eigenvalue weighted by atomic mass is 35.5. The number of aromatic nitrogens is 1. The van der Waals surface area contributed by atoms with Crippen molar-refractivity contribution in [1.82, 2.24) is 9.88 Å². The average Bonchev–Trinajstić information content (AvgIpc) is 2.56. The topological polar surface area (TPSA) is 75.0 Å². The van der Waals surface area contributed by atoms with Gasteiger partial charge in [0.2, 0.25) is 0 Å². The third-order valence-electron chi connectivity index (χ3n) is 3.56. The number of nitrogens with zero attached hydrogens (tertiary/aromatic N) is 3. The molecule has 0 radical (unpaired) electrons. The van der Waals surface area contributed by atoms with E-state index in [0.29, 0.717) is 16.3 Å². The number of oxime groups is 1. The molecule has 1 aromatic carbocycles. The molecule has 1 aromatic heterocycles. The Bertz CT molecular complexity index is 793. The Hall–Kier alpha value is -2.60. The molecule has 1 N–H and O–H groups in total. The first kappa shape index (κ1) is 18.7. The fourth-order valence-corrected chi connectivity index (χ4v) is 2.35. The van der Waals surface area contributed by atoms with Gasteiger partial charge in [-0.25, -0.2) is 4.79 Å². The van der Waals surface area contributed by atoms with Gasteiger partial charge < -0.3 is 14.8 Å². The highest BCUT2D eigenvalue weighted by Gasteiger charge is 2.11.